The smallest absolute Gasteiger partial charge is 0.126 e. The van der Waals surface area contributed by atoms with Gasteiger partial charge in [0.15, 0.2) is 0 Å². The second kappa shape index (κ2) is 6.23. The van der Waals surface area contributed by atoms with Crippen LogP contribution in [0, 0.1) is 12.7 Å². The van der Waals surface area contributed by atoms with E-state index in [-0.39, 0.29) is 11.9 Å². The molecule has 0 aliphatic heterocycles. The molecule has 0 radical (unpaired) electrons. The van der Waals surface area contributed by atoms with E-state index in [0.29, 0.717) is 12.0 Å². The van der Waals surface area contributed by atoms with E-state index in [1.807, 2.05) is 12.1 Å². The van der Waals surface area contributed by atoms with Gasteiger partial charge in [-0.2, -0.15) is 0 Å². The predicted molar refractivity (Wildman–Crippen MR) is 76.8 cm³/mol. The molecule has 0 amide bonds. The number of hydrazine groups is 1. The van der Waals surface area contributed by atoms with Crippen LogP contribution in [-0.4, -0.2) is 4.98 Å². The van der Waals surface area contributed by atoms with Crippen LogP contribution in [0.4, 0.5) is 4.39 Å². The van der Waals surface area contributed by atoms with Crippen molar-refractivity contribution in [1.29, 1.82) is 0 Å². The van der Waals surface area contributed by atoms with E-state index in [1.54, 1.807) is 25.4 Å². The molecule has 1 heterocycles. The first-order valence-corrected chi connectivity index (χ1v) is 6.71. The average molecular weight is 324 g/mol. The minimum absolute atomic E-state index is 0.147. The second-order valence-corrected chi connectivity index (χ2v) is 5.36. The van der Waals surface area contributed by atoms with Gasteiger partial charge in [-0.3, -0.25) is 16.3 Å². The predicted octanol–water partition coefficient (Wildman–Crippen LogP) is 3.04. The molecule has 5 heteroatoms. The molecule has 0 aliphatic rings. The van der Waals surface area contributed by atoms with Crippen molar-refractivity contribution in [2.45, 2.75) is 19.4 Å². The summed E-state index contributed by atoms with van der Waals surface area (Å²) in [6, 6.07) is 6.99. The number of aromatic nitrogens is 1. The van der Waals surface area contributed by atoms with E-state index >= 15 is 0 Å². The maximum Gasteiger partial charge on any atom is 0.126 e. The Kier molecular flexibility index (Phi) is 4.63. The molecule has 3 nitrogen and oxygen atoms in total. The Morgan fingerprint density at radius 1 is 1.37 bits per heavy atom. The molecule has 1 aromatic heterocycles. The number of nitrogens with two attached hydrogens (primary N) is 1. The van der Waals surface area contributed by atoms with E-state index in [0.717, 1.165) is 15.6 Å². The maximum absolute atomic E-state index is 13.6. The van der Waals surface area contributed by atoms with Crippen molar-refractivity contribution < 1.29 is 4.39 Å². The molecule has 3 N–H and O–H groups in total. The minimum atomic E-state index is -0.217. The molecule has 0 saturated carbocycles. The van der Waals surface area contributed by atoms with E-state index in [4.69, 9.17) is 5.84 Å². The fraction of sp³-hybridized carbons (Fsp3) is 0.214. The number of halogens is 2. The monoisotopic (exact) mass is 323 g/mol. The Labute approximate surface area is 120 Å². The average Bonchev–Trinajstić information content (AvgIpc) is 2.39. The van der Waals surface area contributed by atoms with Crippen molar-refractivity contribution in [1.82, 2.24) is 10.4 Å². The fourth-order valence-electron chi connectivity index (χ4n) is 1.90. The summed E-state index contributed by atoms with van der Waals surface area (Å²) >= 11 is 3.38. The number of aryl methyl sites for hydroxylation is 1. The zero-order chi connectivity index (χ0) is 13.8. The summed E-state index contributed by atoms with van der Waals surface area (Å²) in [5.41, 5.74) is 5.20. The molecule has 0 saturated heterocycles. The summed E-state index contributed by atoms with van der Waals surface area (Å²) in [6.07, 6.45) is 4.14. The van der Waals surface area contributed by atoms with Gasteiger partial charge in [0.05, 0.1) is 6.04 Å². The van der Waals surface area contributed by atoms with Gasteiger partial charge < -0.3 is 0 Å². The highest BCUT2D eigenvalue weighted by atomic mass is 79.9. The molecular formula is C14H15BrFN3. The highest BCUT2D eigenvalue weighted by molar-refractivity contribution is 9.10. The number of rotatable bonds is 4. The lowest BCUT2D eigenvalue weighted by Gasteiger charge is -2.17. The van der Waals surface area contributed by atoms with Gasteiger partial charge in [0.1, 0.15) is 5.82 Å². The third-order valence-corrected chi connectivity index (χ3v) is 3.43. The molecule has 100 valence electrons. The molecule has 0 spiro atoms. The summed E-state index contributed by atoms with van der Waals surface area (Å²) in [7, 11) is 0. The Morgan fingerprint density at radius 2 is 2.16 bits per heavy atom. The van der Waals surface area contributed by atoms with Crippen molar-refractivity contribution >= 4 is 15.9 Å². The summed E-state index contributed by atoms with van der Waals surface area (Å²) in [4.78, 5) is 4.11. The van der Waals surface area contributed by atoms with Crippen LogP contribution < -0.4 is 11.3 Å². The van der Waals surface area contributed by atoms with Crippen molar-refractivity contribution in [3.05, 3.63) is 63.6 Å². The van der Waals surface area contributed by atoms with Gasteiger partial charge in [-0.25, -0.2) is 4.39 Å². The topological polar surface area (TPSA) is 50.9 Å². The van der Waals surface area contributed by atoms with E-state index in [1.165, 1.54) is 6.07 Å². The first-order chi connectivity index (χ1) is 9.10. The number of hydrogen-bond acceptors (Lipinski definition) is 3. The zero-order valence-corrected chi connectivity index (χ0v) is 12.1. The Morgan fingerprint density at radius 3 is 2.79 bits per heavy atom. The van der Waals surface area contributed by atoms with E-state index in [2.05, 4.69) is 26.3 Å². The van der Waals surface area contributed by atoms with Gasteiger partial charge in [0.2, 0.25) is 0 Å². The van der Waals surface area contributed by atoms with Gasteiger partial charge in [0, 0.05) is 16.9 Å². The quantitative estimate of drug-likeness (QED) is 0.671. The summed E-state index contributed by atoms with van der Waals surface area (Å²) < 4.78 is 14.5. The van der Waals surface area contributed by atoms with Crippen molar-refractivity contribution in [2.75, 3.05) is 0 Å². The lowest BCUT2D eigenvalue weighted by Crippen LogP contribution is -2.29. The molecule has 0 bridgehead atoms. The van der Waals surface area contributed by atoms with E-state index in [9.17, 15) is 4.39 Å². The number of benzene rings is 1. The maximum atomic E-state index is 13.6. The third-order valence-electron chi connectivity index (χ3n) is 3.00. The zero-order valence-electron chi connectivity index (χ0n) is 10.5. The Hall–Kier alpha value is -1.30. The summed E-state index contributed by atoms with van der Waals surface area (Å²) in [5.74, 6) is 5.36. The van der Waals surface area contributed by atoms with Gasteiger partial charge in [-0.15, -0.1) is 0 Å². The first kappa shape index (κ1) is 14.1. The standard InChI is InChI=1S/C14H15BrFN3/c1-9-2-3-11(6-13(9)16)14(19-17)5-10-4-12(15)8-18-7-10/h2-4,6-8,14,19H,5,17H2,1H3. The van der Waals surface area contributed by atoms with Crippen LogP contribution in [0.15, 0.2) is 41.1 Å². The van der Waals surface area contributed by atoms with Crippen molar-refractivity contribution in [3.63, 3.8) is 0 Å². The van der Waals surface area contributed by atoms with Crippen LogP contribution in [0.3, 0.4) is 0 Å². The van der Waals surface area contributed by atoms with Gasteiger partial charge in [-0.1, -0.05) is 12.1 Å². The largest absolute Gasteiger partial charge is 0.271 e. The summed E-state index contributed by atoms with van der Waals surface area (Å²) in [5, 5.41) is 0. The van der Waals surface area contributed by atoms with E-state index < -0.39 is 0 Å². The SMILES string of the molecule is Cc1ccc(C(Cc2cncc(Br)c2)NN)cc1F. The highest BCUT2D eigenvalue weighted by Gasteiger charge is 2.12. The van der Waals surface area contributed by atoms with Crippen molar-refractivity contribution in [3.8, 4) is 0 Å². The lowest BCUT2D eigenvalue weighted by molar-refractivity contribution is 0.542. The molecule has 1 unspecified atom stereocenters. The summed E-state index contributed by atoms with van der Waals surface area (Å²) in [6.45, 7) is 1.74. The number of nitrogens with zero attached hydrogens (tertiary/aromatic N) is 1. The molecule has 0 fully saturated rings. The van der Waals surface area contributed by atoms with Crippen molar-refractivity contribution in [2.24, 2.45) is 5.84 Å². The Balaban J connectivity index is 2.22. The lowest BCUT2D eigenvalue weighted by atomic mass is 9.99. The number of nitrogens with one attached hydrogen (secondary N) is 1. The fourth-order valence-corrected chi connectivity index (χ4v) is 2.31. The number of hydrogen-bond donors (Lipinski definition) is 2. The second-order valence-electron chi connectivity index (χ2n) is 4.44. The minimum Gasteiger partial charge on any atom is -0.271 e. The first-order valence-electron chi connectivity index (χ1n) is 5.91. The van der Waals surface area contributed by atoms with Crippen LogP contribution in [0.2, 0.25) is 0 Å². The van der Waals surface area contributed by atoms with Gasteiger partial charge in [0.25, 0.3) is 0 Å². The normalized spacial score (nSPS) is 12.4. The molecular weight excluding hydrogens is 309 g/mol. The van der Waals surface area contributed by atoms with Crippen LogP contribution in [0.25, 0.3) is 0 Å². The van der Waals surface area contributed by atoms with Crippen LogP contribution >= 0.6 is 15.9 Å². The van der Waals surface area contributed by atoms with Crippen LogP contribution in [0.1, 0.15) is 22.7 Å². The van der Waals surface area contributed by atoms with Gasteiger partial charge >= 0.3 is 0 Å². The van der Waals surface area contributed by atoms with Crippen LogP contribution in [0.5, 0.6) is 0 Å². The molecule has 0 aliphatic carbocycles. The Bertz CT molecular complexity index is 574. The van der Waals surface area contributed by atoms with Crippen LogP contribution in [-0.2, 0) is 6.42 Å². The third kappa shape index (κ3) is 3.59. The highest BCUT2D eigenvalue weighted by Crippen LogP contribution is 2.21. The molecule has 19 heavy (non-hydrogen) atoms. The molecule has 2 aromatic rings. The molecule has 1 atom stereocenters. The molecule has 2 rings (SSSR count). The number of pyridine rings is 1. The molecule has 1 aromatic carbocycles. The van der Waals surface area contributed by atoms with Gasteiger partial charge in [-0.05, 0) is 58.1 Å².